The lowest BCUT2D eigenvalue weighted by atomic mass is 9.79. The van der Waals surface area contributed by atoms with E-state index in [2.05, 4.69) is 17.6 Å². The summed E-state index contributed by atoms with van der Waals surface area (Å²) in [5.41, 5.74) is -0.653. The molecule has 0 bridgehead atoms. The Kier molecular flexibility index (Phi) is 4.05. The summed E-state index contributed by atoms with van der Waals surface area (Å²) in [7, 11) is 0. The summed E-state index contributed by atoms with van der Waals surface area (Å²) in [4.78, 5) is 11.6. The molecule has 0 aromatic carbocycles. The predicted molar refractivity (Wildman–Crippen MR) is 66.6 cm³/mol. The molecular weight excluding hydrogens is 216 g/mol. The van der Waals surface area contributed by atoms with Gasteiger partial charge >= 0.3 is 0 Å². The van der Waals surface area contributed by atoms with Crippen LogP contribution in [0.25, 0.3) is 0 Å². The predicted octanol–water partition coefficient (Wildman–Crippen LogP) is 0.653. The molecular formula is C13H24N2O2. The molecule has 1 amide bonds. The van der Waals surface area contributed by atoms with Crippen LogP contribution < -0.4 is 10.6 Å². The molecule has 2 rings (SSSR count). The number of hydrogen-bond acceptors (Lipinski definition) is 3. The first-order valence-corrected chi connectivity index (χ1v) is 6.77. The first-order valence-electron chi connectivity index (χ1n) is 6.77. The molecule has 98 valence electrons. The van der Waals surface area contributed by atoms with Crippen molar-refractivity contribution in [2.24, 2.45) is 11.8 Å². The number of rotatable bonds is 4. The second-order valence-corrected chi connectivity index (χ2v) is 5.91. The average Bonchev–Trinajstić information content (AvgIpc) is 2.26. The highest BCUT2D eigenvalue weighted by atomic mass is 16.3. The normalized spacial score (nSPS) is 34.1. The van der Waals surface area contributed by atoms with Gasteiger partial charge in [0.1, 0.15) is 0 Å². The Morgan fingerprint density at radius 1 is 1.41 bits per heavy atom. The Labute approximate surface area is 103 Å². The van der Waals surface area contributed by atoms with Crippen LogP contribution in [0.3, 0.4) is 0 Å². The molecule has 1 heterocycles. The molecule has 0 radical (unpaired) electrons. The third kappa shape index (κ3) is 3.68. The molecule has 0 aromatic rings. The quantitative estimate of drug-likeness (QED) is 0.676. The van der Waals surface area contributed by atoms with Crippen LogP contribution >= 0.6 is 0 Å². The highest BCUT2D eigenvalue weighted by Crippen LogP contribution is 2.31. The van der Waals surface area contributed by atoms with E-state index in [9.17, 15) is 9.90 Å². The fourth-order valence-electron chi connectivity index (χ4n) is 2.57. The zero-order valence-corrected chi connectivity index (χ0v) is 10.7. The lowest BCUT2D eigenvalue weighted by molar-refractivity contribution is -0.124. The summed E-state index contributed by atoms with van der Waals surface area (Å²) < 4.78 is 0. The number of carbonyl (C=O) groups excluding carboxylic acids is 1. The van der Waals surface area contributed by atoms with Gasteiger partial charge in [-0.15, -0.1) is 0 Å². The van der Waals surface area contributed by atoms with Gasteiger partial charge in [0.25, 0.3) is 0 Å². The summed E-state index contributed by atoms with van der Waals surface area (Å²) >= 11 is 0. The van der Waals surface area contributed by atoms with Crippen LogP contribution in [0.5, 0.6) is 0 Å². The van der Waals surface area contributed by atoms with E-state index in [1.54, 1.807) is 0 Å². The molecule has 2 fully saturated rings. The van der Waals surface area contributed by atoms with Crippen molar-refractivity contribution in [1.82, 2.24) is 10.6 Å². The van der Waals surface area contributed by atoms with E-state index in [-0.39, 0.29) is 5.91 Å². The van der Waals surface area contributed by atoms with Crippen molar-refractivity contribution >= 4 is 5.91 Å². The van der Waals surface area contributed by atoms with Gasteiger partial charge in [-0.2, -0.15) is 0 Å². The zero-order valence-electron chi connectivity index (χ0n) is 10.7. The van der Waals surface area contributed by atoms with Crippen molar-refractivity contribution in [1.29, 1.82) is 0 Å². The first kappa shape index (κ1) is 12.8. The van der Waals surface area contributed by atoms with E-state index in [4.69, 9.17) is 0 Å². The Morgan fingerprint density at radius 3 is 2.59 bits per heavy atom. The van der Waals surface area contributed by atoms with Crippen molar-refractivity contribution < 1.29 is 9.90 Å². The topological polar surface area (TPSA) is 61.4 Å². The molecule has 17 heavy (non-hydrogen) atoms. The molecule has 0 spiro atoms. The standard InChI is InChI=1S/C13H24N2O2/c1-10-2-4-13(17,5-3-10)9-15-12(16)6-11-7-14-8-11/h10-11,14,17H,2-9H2,1H3,(H,15,16). The van der Waals surface area contributed by atoms with Crippen molar-refractivity contribution in [3.05, 3.63) is 0 Å². The molecule has 1 aliphatic heterocycles. The van der Waals surface area contributed by atoms with Gasteiger partial charge in [0.05, 0.1) is 5.60 Å². The largest absolute Gasteiger partial charge is 0.388 e. The van der Waals surface area contributed by atoms with Crippen molar-refractivity contribution in [2.75, 3.05) is 19.6 Å². The number of amides is 1. The SMILES string of the molecule is CC1CCC(O)(CNC(=O)CC2CNC2)CC1. The lowest BCUT2D eigenvalue weighted by Crippen LogP contribution is -2.48. The van der Waals surface area contributed by atoms with Gasteiger partial charge in [0, 0.05) is 13.0 Å². The molecule has 0 aromatic heterocycles. The number of aliphatic hydroxyl groups is 1. The molecule has 1 saturated carbocycles. The zero-order chi connectivity index (χ0) is 12.3. The fourth-order valence-corrected chi connectivity index (χ4v) is 2.57. The third-order valence-corrected chi connectivity index (χ3v) is 4.16. The van der Waals surface area contributed by atoms with E-state index < -0.39 is 5.60 Å². The van der Waals surface area contributed by atoms with E-state index in [1.165, 1.54) is 0 Å². The van der Waals surface area contributed by atoms with Crippen LogP contribution in [0.2, 0.25) is 0 Å². The van der Waals surface area contributed by atoms with Crippen molar-refractivity contribution in [3.63, 3.8) is 0 Å². The third-order valence-electron chi connectivity index (χ3n) is 4.16. The molecule has 1 aliphatic carbocycles. The van der Waals surface area contributed by atoms with Gasteiger partial charge in [-0.05, 0) is 50.6 Å². The van der Waals surface area contributed by atoms with Crippen LogP contribution in [0.4, 0.5) is 0 Å². The summed E-state index contributed by atoms with van der Waals surface area (Å²) in [5.74, 6) is 1.30. The molecule has 1 saturated heterocycles. The van der Waals surface area contributed by atoms with Crippen molar-refractivity contribution in [2.45, 2.75) is 44.6 Å². The molecule has 2 aliphatic rings. The molecule has 3 N–H and O–H groups in total. The van der Waals surface area contributed by atoms with Crippen LogP contribution in [0, 0.1) is 11.8 Å². The van der Waals surface area contributed by atoms with E-state index in [1.807, 2.05) is 0 Å². The second kappa shape index (κ2) is 5.36. The fraction of sp³-hybridized carbons (Fsp3) is 0.923. The first-order chi connectivity index (χ1) is 8.07. The molecule has 4 nitrogen and oxygen atoms in total. The molecule has 0 unspecified atom stereocenters. The van der Waals surface area contributed by atoms with Gasteiger partial charge < -0.3 is 15.7 Å². The summed E-state index contributed by atoms with van der Waals surface area (Å²) in [6, 6.07) is 0. The maximum absolute atomic E-state index is 11.6. The van der Waals surface area contributed by atoms with Gasteiger partial charge in [-0.3, -0.25) is 4.79 Å². The minimum atomic E-state index is -0.653. The maximum Gasteiger partial charge on any atom is 0.220 e. The number of carbonyl (C=O) groups is 1. The van der Waals surface area contributed by atoms with Crippen LogP contribution in [0.15, 0.2) is 0 Å². The maximum atomic E-state index is 11.6. The van der Waals surface area contributed by atoms with Gasteiger partial charge in [0.2, 0.25) is 5.91 Å². The number of hydrogen-bond donors (Lipinski definition) is 3. The summed E-state index contributed by atoms with van der Waals surface area (Å²) in [6.07, 6.45) is 4.37. The van der Waals surface area contributed by atoms with Crippen LogP contribution in [0.1, 0.15) is 39.0 Å². The summed E-state index contributed by atoms with van der Waals surface area (Å²) in [6.45, 7) is 4.56. The smallest absolute Gasteiger partial charge is 0.220 e. The molecule has 0 atom stereocenters. The van der Waals surface area contributed by atoms with Gasteiger partial charge in [0.15, 0.2) is 0 Å². The minimum absolute atomic E-state index is 0.0866. The average molecular weight is 240 g/mol. The Hall–Kier alpha value is -0.610. The van der Waals surface area contributed by atoms with Crippen molar-refractivity contribution in [3.8, 4) is 0 Å². The highest BCUT2D eigenvalue weighted by molar-refractivity contribution is 5.76. The second-order valence-electron chi connectivity index (χ2n) is 5.91. The lowest BCUT2D eigenvalue weighted by Gasteiger charge is -2.35. The Bertz CT molecular complexity index is 269. The molecule has 4 heteroatoms. The Morgan fingerprint density at radius 2 is 2.06 bits per heavy atom. The monoisotopic (exact) mass is 240 g/mol. The summed E-state index contributed by atoms with van der Waals surface area (Å²) in [5, 5.41) is 16.4. The van der Waals surface area contributed by atoms with Gasteiger partial charge in [-0.1, -0.05) is 6.92 Å². The number of nitrogens with one attached hydrogen (secondary N) is 2. The minimum Gasteiger partial charge on any atom is -0.388 e. The Balaban J connectivity index is 1.67. The highest BCUT2D eigenvalue weighted by Gasteiger charge is 2.32. The van der Waals surface area contributed by atoms with E-state index in [0.717, 1.165) is 38.8 Å². The van der Waals surface area contributed by atoms with Crippen LogP contribution in [-0.2, 0) is 4.79 Å². The van der Waals surface area contributed by atoms with E-state index in [0.29, 0.717) is 24.8 Å². The van der Waals surface area contributed by atoms with E-state index >= 15 is 0 Å². The van der Waals surface area contributed by atoms with Gasteiger partial charge in [-0.25, -0.2) is 0 Å². The van der Waals surface area contributed by atoms with Crippen LogP contribution in [-0.4, -0.2) is 36.2 Å².